The second-order valence-corrected chi connectivity index (χ2v) is 5.53. The van der Waals surface area contributed by atoms with Crippen molar-refractivity contribution in [3.05, 3.63) is 58.5 Å². The number of aryl methyl sites for hydroxylation is 1. The van der Waals surface area contributed by atoms with E-state index in [0.717, 1.165) is 26.7 Å². The highest BCUT2D eigenvalue weighted by Gasteiger charge is 2.07. The van der Waals surface area contributed by atoms with Gasteiger partial charge in [0.2, 0.25) is 0 Å². The molecular weight excluding hydrogens is 330 g/mol. The lowest BCUT2D eigenvalue weighted by Crippen LogP contribution is -2.05. The van der Waals surface area contributed by atoms with Crippen LogP contribution in [0, 0.1) is 6.92 Å². The lowest BCUT2D eigenvalue weighted by atomic mass is 10.1. The van der Waals surface area contributed by atoms with Crippen molar-refractivity contribution in [3.63, 3.8) is 0 Å². The average Bonchev–Trinajstić information content (AvgIpc) is 2.46. The Morgan fingerprint density at radius 3 is 2.76 bits per heavy atom. The number of anilines is 1. The van der Waals surface area contributed by atoms with E-state index in [1.165, 1.54) is 0 Å². The fourth-order valence-corrected chi connectivity index (χ4v) is 2.80. The third kappa shape index (κ3) is 2.97. The third-order valence-corrected chi connectivity index (χ3v) is 3.92. The van der Waals surface area contributed by atoms with Gasteiger partial charge >= 0.3 is 0 Å². The fraction of sp³-hybridized carbons (Fsp3) is 0.125. The normalized spacial score (nSPS) is 10.8. The number of nitrogens with two attached hydrogens (primary N) is 1. The predicted molar refractivity (Wildman–Crippen MR) is 87.2 cm³/mol. The zero-order valence-corrected chi connectivity index (χ0v) is 13.1. The van der Waals surface area contributed by atoms with Gasteiger partial charge in [-0.3, -0.25) is 0 Å². The van der Waals surface area contributed by atoms with E-state index in [1.54, 1.807) is 6.07 Å². The van der Waals surface area contributed by atoms with Crippen molar-refractivity contribution < 1.29 is 4.74 Å². The molecule has 21 heavy (non-hydrogen) atoms. The molecule has 0 aliphatic rings. The number of rotatable bonds is 3. The Kier molecular flexibility index (Phi) is 3.75. The highest BCUT2D eigenvalue weighted by molar-refractivity contribution is 9.10. The van der Waals surface area contributed by atoms with E-state index in [2.05, 4.69) is 32.0 Å². The molecule has 0 fully saturated rings. The van der Waals surface area contributed by atoms with Crippen molar-refractivity contribution in [2.24, 2.45) is 0 Å². The number of fused-ring (bicyclic) bond motifs is 1. The minimum Gasteiger partial charge on any atom is -0.484 e. The monoisotopic (exact) mass is 343 g/mol. The predicted octanol–water partition coefficient (Wildman–Crippen LogP) is 3.86. The van der Waals surface area contributed by atoms with Gasteiger partial charge in [0.1, 0.15) is 18.2 Å². The first-order valence-electron chi connectivity index (χ1n) is 6.53. The average molecular weight is 344 g/mol. The van der Waals surface area contributed by atoms with Crippen LogP contribution in [0.2, 0.25) is 0 Å². The van der Waals surface area contributed by atoms with Gasteiger partial charge < -0.3 is 10.5 Å². The molecule has 0 bridgehead atoms. The largest absolute Gasteiger partial charge is 0.484 e. The molecule has 2 aromatic carbocycles. The second kappa shape index (κ2) is 5.69. The summed E-state index contributed by atoms with van der Waals surface area (Å²) < 4.78 is 6.75. The molecule has 3 aromatic rings. The van der Waals surface area contributed by atoms with Crippen molar-refractivity contribution in [2.45, 2.75) is 13.5 Å². The molecule has 0 aliphatic heterocycles. The maximum atomic E-state index is 5.81. The number of aromatic nitrogens is 2. The van der Waals surface area contributed by atoms with Gasteiger partial charge in [-0.25, -0.2) is 9.97 Å². The van der Waals surface area contributed by atoms with Gasteiger partial charge in [0, 0.05) is 11.8 Å². The number of hydrogen-bond acceptors (Lipinski definition) is 4. The zero-order valence-electron chi connectivity index (χ0n) is 11.5. The molecule has 4 nitrogen and oxygen atoms in total. The molecule has 3 rings (SSSR count). The van der Waals surface area contributed by atoms with Crippen LogP contribution in [0.1, 0.15) is 11.5 Å². The van der Waals surface area contributed by atoms with Crippen molar-refractivity contribution in [3.8, 4) is 5.75 Å². The molecule has 1 heterocycles. The van der Waals surface area contributed by atoms with Crippen molar-refractivity contribution in [2.75, 3.05) is 5.73 Å². The molecule has 0 amide bonds. The van der Waals surface area contributed by atoms with E-state index in [1.807, 2.05) is 37.3 Å². The van der Waals surface area contributed by atoms with Gasteiger partial charge in [0.15, 0.2) is 5.82 Å². The minimum absolute atomic E-state index is 0.281. The Morgan fingerprint density at radius 2 is 1.95 bits per heavy atom. The van der Waals surface area contributed by atoms with Gasteiger partial charge in [-0.2, -0.15) is 0 Å². The van der Waals surface area contributed by atoms with E-state index >= 15 is 0 Å². The molecule has 0 saturated heterocycles. The first-order chi connectivity index (χ1) is 10.1. The first kappa shape index (κ1) is 13.8. The summed E-state index contributed by atoms with van der Waals surface area (Å²) in [6, 6.07) is 13.8. The van der Waals surface area contributed by atoms with Crippen LogP contribution in [0.4, 0.5) is 5.82 Å². The number of nitrogen functional groups attached to an aromatic ring is 1. The van der Waals surface area contributed by atoms with Crippen molar-refractivity contribution in [1.29, 1.82) is 0 Å². The standard InChI is InChI=1S/C16H14BrN3O/c1-10-8-14(18)20-15(19-10)9-21-13-7-6-11-4-2-3-5-12(11)16(13)17/h2-8H,9H2,1H3,(H2,18,19,20). The Balaban J connectivity index is 1.86. The fourth-order valence-electron chi connectivity index (χ4n) is 2.19. The molecule has 0 spiro atoms. The topological polar surface area (TPSA) is 61.0 Å². The highest BCUT2D eigenvalue weighted by Crippen LogP contribution is 2.33. The summed E-state index contributed by atoms with van der Waals surface area (Å²) in [4.78, 5) is 8.48. The van der Waals surface area contributed by atoms with Gasteiger partial charge in [-0.05, 0) is 39.7 Å². The summed E-state index contributed by atoms with van der Waals surface area (Å²) in [5.74, 6) is 1.80. The number of nitrogens with zero attached hydrogens (tertiary/aromatic N) is 2. The third-order valence-electron chi connectivity index (χ3n) is 3.10. The smallest absolute Gasteiger partial charge is 0.168 e. The van der Waals surface area contributed by atoms with Gasteiger partial charge in [-0.15, -0.1) is 0 Å². The van der Waals surface area contributed by atoms with Gasteiger partial charge in [0.05, 0.1) is 4.47 Å². The van der Waals surface area contributed by atoms with Crippen molar-refractivity contribution >= 4 is 32.5 Å². The summed E-state index contributed by atoms with van der Waals surface area (Å²) in [6.45, 7) is 2.16. The van der Waals surface area contributed by atoms with Gasteiger partial charge in [0.25, 0.3) is 0 Å². The number of ether oxygens (including phenoxy) is 1. The van der Waals surface area contributed by atoms with E-state index in [-0.39, 0.29) is 6.61 Å². The Labute approximate surface area is 131 Å². The van der Waals surface area contributed by atoms with Crippen molar-refractivity contribution in [1.82, 2.24) is 9.97 Å². The van der Waals surface area contributed by atoms with Crippen LogP contribution >= 0.6 is 15.9 Å². The van der Waals surface area contributed by atoms with Crippen LogP contribution < -0.4 is 10.5 Å². The van der Waals surface area contributed by atoms with E-state index in [0.29, 0.717) is 11.6 Å². The van der Waals surface area contributed by atoms with E-state index in [4.69, 9.17) is 10.5 Å². The Bertz CT molecular complexity index is 784. The van der Waals surface area contributed by atoms with E-state index < -0.39 is 0 Å². The summed E-state index contributed by atoms with van der Waals surface area (Å²) in [5, 5.41) is 2.27. The molecule has 2 N–H and O–H groups in total. The molecule has 0 aliphatic carbocycles. The lowest BCUT2D eigenvalue weighted by Gasteiger charge is -2.10. The van der Waals surface area contributed by atoms with Crippen LogP contribution in [0.15, 0.2) is 46.9 Å². The number of halogens is 1. The van der Waals surface area contributed by atoms with Crippen LogP contribution in [-0.2, 0) is 6.61 Å². The van der Waals surface area contributed by atoms with Crippen LogP contribution in [0.3, 0.4) is 0 Å². The van der Waals surface area contributed by atoms with Gasteiger partial charge in [-0.1, -0.05) is 30.3 Å². The van der Waals surface area contributed by atoms with Crippen LogP contribution in [0.5, 0.6) is 5.75 Å². The maximum Gasteiger partial charge on any atom is 0.168 e. The minimum atomic E-state index is 0.281. The summed E-state index contributed by atoms with van der Waals surface area (Å²) >= 11 is 3.59. The molecule has 106 valence electrons. The highest BCUT2D eigenvalue weighted by atomic mass is 79.9. The van der Waals surface area contributed by atoms with Crippen LogP contribution in [-0.4, -0.2) is 9.97 Å². The van der Waals surface area contributed by atoms with E-state index in [9.17, 15) is 0 Å². The Hall–Kier alpha value is -2.14. The Morgan fingerprint density at radius 1 is 1.14 bits per heavy atom. The molecular formula is C16H14BrN3O. The molecule has 5 heteroatoms. The zero-order chi connectivity index (χ0) is 14.8. The second-order valence-electron chi connectivity index (χ2n) is 4.74. The number of hydrogen-bond donors (Lipinski definition) is 1. The molecule has 0 saturated carbocycles. The molecule has 0 radical (unpaired) electrons. The molecule has 0 atom stereocenters. The SMILES string of the molecule is Cc1cc(N)nc(COc2ccc3ccccc3c2Br)n1. The van der Waals surface area contributed by atoms with Crippen LogP contribution in [0.25, 0.3) is 10.8 Å². The maximum absolute atomic E-state index is 5.81. The summed E-state index contributed by atoms with van der Waals surface area (Å²) in [5.41, 5.74) is 6.55. The molecule has 0 unspecified atom stereocenters. The lowest BCUT2D eigenvalue weighted by molar-refractivity contribution is 0.294. The molecule has 1 aromatic heterocycles. The summed E-state index contributed by atoms with van der Waals surface area (Å²) in [7, 11) is 0. The summed E-state index contributed by atoms with van der Waals surface area (Å²) in [6.07, 6.45) is 0. The quantitative estimate of drug-likeness (QED) is 0.784. The number of benzene rings is 2. The first-order valence-corrected chi connectivity index (χ1v) is 7.33.